The predicted octanol–water partition coefficient (Wildman–Crippen LogP) is 1.89. The molecule has 1 aromatic heterocycles. The van der Waals surface area contributed by atoms with Gasteiger partial charge in [-0.25, -0.2) is 4.98 Å². The van der Waals surface area contributed by atoms with Gasteiger partial charge in [0, 0.05) is 31.1 Å². The van der Waals surface area contributed by atoms with Gasteiger partial charge in [-0.3, -0.25) is 4.90 Å². The average molecular weight is 239 g/mol. The summed E-state index contributed by atoms with van der Waals surface area (Å²) in [6.45, 7) is 8.87. The predicted molar refractivity (Wildman–Crippen MR) is 68.9 cm³/mol. The largest absolute Gasteiger partial charge is 0.312 e. The molecule has 90 valence electrons. The van der Waals surface area contributed by atoms with Crippen LogP contribution in [0, 0.1) is 0 Å². The van der Waals surface area contributed by atoms with Gasteiger partial charge in [-0.15, -0.1) is 11.3 Å². The van der Waals surface area contributed by atoms with E-state index in [1.54, 1.807) is 0 Å². The van der Waals surface area contributed by atoms with Crippen LogP contribution in [0.2, 0.25) is 0 Å². The third-order valence-electron chi connectivity index (χ3n) is 2.92. The van der Waals surface area contributed by atoms with Crippen molar-refractivity contribution in [3.05, 3.63) is 16.1 Å². The van der Waals surface area contributed by atoms with Gasteiger partial charge in [0.15, 0.2) is 0 Å². The van der Waals surface area contributed by atoms with Crippen LogP contribution in [-0.2, 0) is 13.0 Å². The molecular formula is C12H21N3S. The molecule has 0 amide bonds. The number of hydrogen-bond acceptors (Lipinski definition) is 4. The van der Waals surface area contributed by atoms with E-state index in [2.05, 4.69) is 34.4 Å². The molecule has 16 heavy (non-hydrogen) atoms. The molecule has 0 unspecified atom stereocenters. The Bertz CT molecular complexity index is 324. The van der Waals surface area contributed by atoms with Crippen LogP contribution >= 0.6 is 11.3 Å². The molecule has 0 spiro atoms. The lowest BCUT2D eigenvalue weighted by atomic mass is 10.2. The number of nitrogens with one attached hydrogen (secondary N) is 1. The van der Waals surface area contributed by atoms with Crippen LogP contribution in [-0.4, -0.2) is 35.6 Å². The summed E-state index contributed by atoms with van der Waals surface area (Å²) in [5.41, 5.74) is 1.27. The molecule has 1 saturated heterocycles. The standard InChI is InChI=1S/C12H21N3S/c1-3-4-11-9-16-12(14-11)8-15-6-5-13-10(2)7-15/h9-10,13H,3-8H2,1-2H3/t10-/m1/s1. The molecule has 1 fully saturated rings. The molecule has 1 aliphatic heterocycles. The van der Waals surface area contributed by atoms with Crippen molar-refractivity contribution in [2.24, 2.45) is 0 Å². The topological polar surface area (TPSA) is 28.2 Å². The van der Waals surface area contributed by atoms with Crippen LogP contribution in [0.15, 0.2) is 5.38 Å². The number of aromatic nitrogens is 1. The zero-order valence-corrected chi connectivity index (χ0v) is 11.0. The van der Waals surface area contributed by atoms with Crippen LogP contribution in [0.4, 0.5) is 0 Å². The van der Waals surface area contributed by atoms with E-state index < -0.39 is 0 Å². The van der Waals surface area contributed by atoms with Crippen molar-refractivity contribution in [3.8, 4) is 0 Å². The minimum Gasteiger partial charge on any atom is -0.312 e. The molecule has 1 N–H and O–H groups in total. The van der Waals surface area contributed by atoms with E-state index in [9.17, 15) is 0 Å². The van der Waals surface area contributed by atoms with Gasteiger partial charge in [0.1, 0.15) is 5.01 Å². The number of thiazole rings is 1. The van der Waals surface area contributed by atoms with Crippen molar-refractivity contribution >= 4 is 11.3 Å². The second kappa shape index (κ2) is 5.75. The zero-order chi connectivity index (χ0) is 11.4. The quantitative estimate of drug-likeness (QED) is 0.869. The summed E-state index contributed by atoms with van der Waals surface area (Å²) in [6.07, 6.45) is 2.31. The Labute approximate surface area is 102 Å². The Balaban J connectivity index is 1.87. The summed E-state index contributed by atoms with van der Waals surface area (Å²) in [5, 5.41) is 6.95. The lowest BCUT2D eigenvalue weighted by Crippen LogP contribution is -2.48. The van der Waals surface area contributed by atoms with E-state index in [1.165, 1.54) is 17.1 Å². The first-order chi connectivity index (χ1) is 7.78. The lowest BCUT2D eigenvalue weighted by molar-refractivity contribution is 0.199. The highest BCUT2D eigenvalue weighted by Gasteiger charge is 2.16. The monoisotopic (exact) mass is 239 g/mol. The van der Waals surface area contributed by atoms with Crippen molar-refractivity contribution in [1.82, 2.24) is 15.2 Å². The molecule has 0 radical (unpaired) electrons. The first-order valence-electron chi connectivity index (χ1n) is 6.17. The molecular weight excluding hydrogens is 218 g/mol. The molecule has 0 aromatic carbocycles. The third kappa shape index (κ3) is 3.27. The molecule has 1 aliphatic rings. The maximum Gasteiger partial charge on any atom is 0.107 e. The number of hydrogen-bond donors (Lipinski definition) is 1. The summed E-state index contributed by atoms with van der Waals surface area (Å²) in [4.78, 5) is 7.17. The van der Waals surface area contributed by atoms with Crippen LogP contribution in [0.25, 0.3) is 0 Å². The first-order valence-corrected chi connectivity index (χ1v) is 7.05. The molecule has 2 heterocycles. The van der Waals surface area contributed by atoms with Gasteiger partial charge < -0.3 is 5.32 Å². The van der Waals surface area contributed by atoms with Gasteiger partial charge in [0.05, 0.1) is 12.2 Å². The van der Waals surface area contributed by atoms with Crippen molar-refractivity contribution in [1.29, 1.82) is 0 Å². The average Bonchev–Trinajstić information content (AvgIpc) is 2.66. The zero-order valence-electron chi connectivity index (χ0n) is 10.2. The van der Waals surface area contributed by atoms with E-state index in [4.69, 9.17) is 0 Å². The van der Waals surface area contributed by atoms with Gasteiger partial charge in [-0.05, 0) is 13.3 Å². The fraction of sp³-hybridized carbons (Fsp3) is 0.750. The van der Waals surface area contributed by atoms with Gasteiger partial charge in [-0.1, -0.05) is 13.3 Å². The number of aryl methyl sites for hydroxylation is 1. The molecule has 0 saturated carbocycles. The summed E-state index contributed by atoms with van der Waals surface area (Å²) >= 11 is 1.81. The van der Waals surface area contributed by atoms with Gasteiger partial charge >= 0.3 is 0 Å². The summed E-state index contributed by atoms with van der Waals surface area (Å²) < 4.78 is 0. The summed E-state index contributed by atoms with van der Waals surface area (Å²) in [6, 6.07) is 0.615. The fourth-order valence-corrected chi connectivity index (χ4v) is 3.01. The van der Waals surface area contributed by atoms with E-state index >= 15 is 0 Å². The van der Waals surface area contributed by atoms with E-state index in [-0.39, 0.29) is 0 Å². The minimum absolute atomic E-state index is 0.615. The second-order valence-electron chi connectivity index (χ2n) is 4.57. The first kappa shape index (κ1) is 12.0. The number of piperazine rings is 1. The van der Waals surface area contributed by atoms with Crippen LogP contribution in [0.3, 0.4) is 0 Å². The van der Waals surface area contributed by atoms with Crippen molar-refractivity contribution < 1.29 is 0 Å². The Hall–Kier alpha value is -0.450. The van der Waals surface area contributed by atoms with Gasteiger partial charge in [0.25, 0.3) is 0 Å². The maximum absolute atomic E-state index is 4.68. The molecule has 4 heteroatoms. The van der Waals surface area contributed by atoms with E-state index in [1.807, 2.05) is 11.3 Å². The van der Waals surface area contributed by atoms with Gasteiger partial charge in [0.2, 0.25) is 0 Å². The van der Waals surface area contributed by atoms with Crippen LogP contribution < -0.4 is 5.32 Å². The highest BCUT2D eigenvalue weighted by Crippen LogP contribution is 2.14. The Morgan fingerprint density at radius 1 is 1.62 bits per heavy atom. The Morgan fingerprint density at radius 3 is 3.25 bits per heavy atom. The molecule has 1 aromatic rings. The molecule has 1 atom stereocenters. The van der Waals surface area contributed by atoms with E-state index in [0.717, 1.165) is 32.6 Å². The number of rotatable bonds is 4. The second-order valence-corrected chi connectivity index (χ2v) is 5.52. The van der Waals surface area contributed by atoms with Crippen molar-refractivity contribution in [2.45, 2.75) is 39.3 Å². The Morgan fingerprint density at radius 2 is 2.50 bits per heavy atom. The highest BCUT2D eigenvalue weighted by atomic mass is 32.1. The molecule has 2 rings (SSSR count). The third-order valence-corrected chi connectivity index (χ3v) is 3.80. The fourth-order valence-electron chi connectivity index (χ4n) is 2.14. The normalized spacial score (nSPS) is 22.5. The SMILES string of the molecule is CCCc1csc(CN2CCN[C@H](C)C2)n1. The maximum atomic E-state index is 4.68. The smallest absolute Gasteiger partial charge is 0.107 e. The van der Waals surface area contributed by atoms with Crippen LogP contribution in [0.5, 0.6) is 0 Å². The summed E-state index contributed by atoms with van der Waals surface area (Å²) in [5.74, 6) is 0. The van der Waals surface area contributed by atoms with Crippen LogP contribution in [0.1, 0.15) is 31.0 Å². The molecule has 3 nitrogen and oxygen atoms in total. The van der Waals surface area contributed by atoms with Crippen molar-refractivity contribution in [3.63, 3.8) is 0 Å². The Kier molecular flexibility index (Phi) is 4.32. The minimum atomic E-state index is 0.615. The van der Waals surface area contributed by atoms with E-state index in [0.29, 0.717) is 6.04 Å². The van der Waals surface area contributed by atoms with Gasteiger partial charge in [-0.2, -0.15) is 0 Å². The summed E-state index contributed by atoms with van der Waals surface area (Å²) in [7, 11) is 0. The molecule has 0 aliphatic carbocycles. The molecule has 0 bridgehead atoms. The lowest BCUT2D eigenvalue weighted by Gasteiger charge is -2.31. The highest BCUT2D eigenvalue weighted by molar-refractivity contribution is 7.09. The van der Waals surface area contributed by atoms with Crippen molar-refractivity contribution in [2.75, 3.05) is 19.6 Å². The number of nitrogens with zero attached hydrogens (tertiary/aromatic N) is 2.